The van der Waals surface area contributed by atoms with Gasteiger partial charge in [-0.1, -0.05) is 42.5 Å². The largest absolute Gasteiger partial charge is 0.294 e. The fraction of sp³-hybridized carbons (Fsp3) is 0.286. The lowest BCUT2D eigenvalue weighted by molar-refractivity contribution is 0.491. The van der Waals surface area contributed by atoms with Crippen LogP contribution in [-0.4, -0.2) is 26.1 Å². The standard InChI is InChI=1S/C14H16O5S2/c1-14(9-7-13(8-10-14)21(17,18)19)20(15,16)11-12-5-3-2-4-6-12/h2-9H,10-11H2,1H3,(H,17,18,19). The molecule has 1 aromatic rings. The summed E-state index contributed by atoms with van der Waals surface area (Å²) >= 11 is 0. The Balaban J connectivity index is 2.27. The van der Waals surface area contributed by atoms with Crippen molar-refractivity contribution in [3.8, 4) is 0 Å². The van der Waals surface area contributed by atoms with Crippen molar-refractivity contribution in [2.24, 2.45) is 0 Å². The Morgan fingerprint density at radius 3 is 2.24 bits per heavy atom. The lowest BCUT2D eigenvalue weighted by Gasteiger charge is -2.27. The van der Waals surface area contributed by atoms with E-state index in [1.165, 1.54) is 12.2 Å². The third-order valence-corrected chi connectivity index (χ3v) is 6.85. The molecule has 0 saturated carbocycles. The Bertz CT molecular complexity index is 789. The zero-order valence-corrected chi connectivity index (χ0v) is 13.1. The first-order valence-electron chi connectivity index (χ1n) is 6.27. The second-order valence-corrected chi connectivity index (χ2v) is 9.05. The van der Waals surface area contributed by atoms with Crippen molar-refractivity contribution in [1.82, 2.24) is 0 Å². The third-order valence-electron chi connectivity index (χ3n) is 3.52. The highest BCUT2D eigenvalue weighted by Gasteiger charge is 2.38. The van der Waals surface area contributed by atoms with E-state index in [-0.39, 0.29) is 17.1 Å². The number of sulfone groups is 1. The average molecular weight is 328 g/mol. The van der Waals surface area contributed by atoms with Crippen molar-refractivity contribution < 1.29 is 21.4 Å². The summed E-state index contributed by atoms with van der Waals surface area (Å²) in [6.07, 6.45) is 3.71. The van der Waals surface area contributed by atoms with Crippen molar-refractivity contribution in [2.75, 3.05) is 0 Å². The van der Waals surface area contributed by atoms with Gasteiger partial charge in [0.1, 0.15) is 0 Å². The van der Waals surface area contributed by atoms with Gasteiger partial charge in [-0.2, -0.15) is 8.42 Å². The molecule has 114 valence electrons. The molecule has 0 spiro atoms. The molecule has 1 aliphatic carbocycles. The molecule has 1 aliphatic rings. The topological polar surface area (TPSA) is 88.5 Å². The molecule has 0 heterocycles. The normalized spacial score (nSPS) is 22.9. The Kier molecular flexibility index (Phi) is 4.10. The number of rotatable bonds is 4. The molecule has 0 aliphatic heterocycles. The quantitative estimate of drug-likeness (QED) is 0.855. The van der Waals surface area contributed by atoms with E-state index in [1.807, 2.05) is 0 Å². The zero-order valence-electron chi connectivity index (χ0n) is 11.4. The van der Waals surface area contributed by atoms with E-state index in [0.29, 0.717) is 5.56 Å². The van der Waals surface area contributed by atoms with Crippen LogP contribution in [0.15, 0.2) is 53.5 Å². The SMILES string of the molecule is CC1(S(=O)(=O)Cc2ccccc2)C=CC(S(=O)(=O)O)=CC1. The first kappa shape index (κ1) is 15.9. The fourth-order valence-corrected chi connectivity index (χ4v) is 4.19. The van der Waals surface area contributed by atoms with E-state index in [9.17, 15) is 16.8 Å². The number of allylic oxidation sites excluding steroid dienone is 2. The van der Waals surface area contributed by atoms with Crippen molar-refractivity contribution >= 4 is 20.0 Å². The van der Waals surface area contributed by atoms with E-state index in [1.54, 1.807) is 37.3 Å². The molecule has 2 rings (SSSR count). The minimum Gasteiger partial charge on any atom is -0.282 e. The van der Waals surface area contributed by atoms with Gasteiger partial charge in [-0.05, 0) is 25.0 Å². The molecule has 0 saturated heterocycles. The molecule has 0 radical (unpaired) electrons. The van der Waals surface area contributed by atoms with Crippen LogP contribution in [0, 0.1) is 0 Å². The molecule has 0 amide bonds. The van der Waals surface area contributed by atoms with Crippen LogP contribution in [0.2, 0.25) is 0 Å². The van der Waals surface area contributed by atoms with E-state index < -0.39 is 24.7 Å². The maximum atomic E-state index is 12.5. The molecule has 1 unspecified atom stereocenters. The molecular formula is C14H16O5S2. The molecule has 1 N–H and O–H groups in total. The molecule has 0 bridgehead atoms. The monoisotopic (exact) mass is 328 g/mol. The first-order valence-corrected chi connectivity index (χ1v) is 9.36. The zero-order chi connectivity index (χ0) is 15.7. The van der Waals surface area contributed by atoms with E-state index in [2.05, 4.69) is 0 Å². The van der Waals surface area contributed by atoms with E-state index in [0.717, 1.165) is 6.08 Å². The van der Waals surface area contributed by atoms with Gasteiger partial charge in [0.25, 0.3) is 10.1 Å². The highest BCUT2D eigenvalue weighted by atomic mass is 32.2. The summed E-state index contributed by atoms with van der Waals surface area (Å²) in [4.78, 5) is -0.269. The molecule has 1 aromatic carbocycles. The van der Waals surface area contributed by atoms with E-state index in [4.69, 9.17) is 4.55 Å². The van der Waals surface area contributed by atoms with Crippen LogP contribution in [0.5, 0.6) is 0 Å². The average Bonchev–Trinajstić information content (AvgIpc) is 2.38. The summed E-state index contributed by atoms with van der Waals surface area (Å²) in [5.41, 5.74) is 0.677. The van der Waals surface area contributed by atoms with Gasteiger partial charge in [-0.3, -0.25) is 4.55 Å². The molecule has 7 heteroatoms. The van der Waals surface area contributed by atoms with Crippen molar-refractivity contribution in [1.29, 1.82) is 0 Å². The molecule has 1 atom stereocenters. The van der Waals surface area contributed by atoms with Crippen LogP contribution < -0.4 is 0 Å². The Labute approximate surface area is 124 Å². The highest BCUT2D eigenvalue weighted by molar-refractivity contribution is 7.92. The minimum absolute atomic E-state index is 0.00773. The molecule has 5 nitrogen and oxygen atoms in total. The van der Waals surface area contributed by atoms with Gasteiger partial charge in [0.05, 0.1) is 15.4 Å². The van der Waals surface area contributed by atoms with Crippen molar-refractivity contribution in [3.05, 3.63) is 59.0 Å². The number of benzene rings is 1. The Morgan fingerprint density at radius 1 is 1.14 bits per heavy atom. The predicted molar refractivity (Wildman–Crippen MR) is 80.9 cm³/mol. The van der Waals surface area contributed by atoms with Gasteiger partial charge in [-0.25, -0.2) is 8.42 Å². The van der Waals surface area contributed by atoms with Crippen LogP contribution in [0.25, 0.3) is 0 Å². The minimum atomic E-state index is -4.30. The number of hydrogen-bond acceptors (Lipinski definition) is 4. The van der Waals surface area contributed by atoms with E-state index >= 15 is 0 Å². The number of hydrogen-bond donors (Lipinski definition) is 1. The smallest absolute Gasteiger partial charge is 0.282 e. The van der Waals surface area contributed by atoms with Crippen LogP contribution in [0.3, 0.4) is 0 Å². The van der Waals surface area contributed by atoms with Gasteiger partial charge >= 0.3 is 0 Å². The predicted octanol–water partition coefficient (Wildman–Crippen LogP) is 2.09. The maximum absolute atomic E-state index is 12.5. The van der Waals surface area contributed by atoms with Gasteiger partial charge in [0.15, 0.2) is 9.84 Å². The van der Waals surface area contributed by atoms with Gasteiger partial charge in [0.2, 0.25) is 0 Å². The van der Waals surface area contributed by atoms with Gasteiger partial charge < -0.3 is 0 Å². The van der Waals surface area contributed by atoms with Gasteiger partial charge in [-0.15, -0.1) is 0 Å². The molecule has 21 heavy (non-hydrogen) atoms. The highest BCUT2D eigenvalue weighted by Crippen LogP contribution is 2.32. The summed E-state index contributed by atoms with van der Waals surface area (Å²) in [5, 5.41) is 0. The lowest BCUT2D eigenvalue weighted by atomic mass is 10.0. The maximum Gasteiger partial charge on any atom is 0.294 e. The van der Waals surface area contributed by atoms with Crippen LogP contribution in [-0.2, 0) is 25.7 Å². The first-order chi connectivity index (χ1) is 9.64. The summed E-state index contributed by atoms with van der Waals surface area (Å²) < 4.78 is 54.9. The van der Waals surface area contributed by atoms with Crippen molar-refractivity contribution in [3.63, 3.8) is 0 Å². The van der Waals surface area contributed by atoms with Crippen LogP contribution >= 0.6 is 0 Å². The Morgan fingerprint density at radius 2 is 1.76 bits per heavy atom. The summed E-state index contributed by atoms with van der Waals surface area (Å²) in [6.45, 7) is 1.54. The second-order valence-electron chi connectivity index (χ2n) is 5.18. The van der Waals surface area contributed by atoms with Crippen molar-refractivity contribution in [2.45, 2.75) is 23.8 Å². The second kappa shape index (κ2) is 5.40. The van der Waals surface area contributed by atoms with Crippen LogP contribution in [0.4, 0.5) is 0 Å². The lowest BCUT2D eigenvalue weighted by Crippen LogP contribution is -2.35. The molecular weight excluding hydrogens is 312 g/mol. The molecule has 0 aromatic heterocycles. The summed E-state index contributed by atoms with van der Waals surface area (Å²) in [7, 11) is -7.81. The van der Waals surface area contributed by atoms with Gasteiger partial charge in [0, 0.05) is 0 Å². The fourth-order valence-electron chi connectivity index (χ4n) is 2.08. The van der Waals surface area contributed by atoms with Crippen LogP contribution in [0.1, 0.15) is 18.9 Å². The molecule has 0 fully saturated rings. The summed E-state index contributed by atoms with van der Waals surface area (Å²) in [5.74, 6) is -0.121. The third kappa shape index (κ3) is 3.42. The Hall–Kier alpha value is -1.44. The summed E-state index contributed by atoms with van der Waals surface area (Å²) in [6, 6.07) is 8.79.